The fourth-order valence-electron chi connectivity index (χ4n) is 4.39. The van der Waals surface area contributed by atoms with Crippen molar-refractivity contribution in [3.8, 4) is 0 Å². The smallest absolute Gasteiger partial charge is 0.191 e. The second-order valence-electron chi connectivity index (χ2n) is 9.28. The van der Waals surface area contributed by atoms with Crippen LogP contribution in [0.25, 0.3) is 0 Å². The van der Waals surface area contributed by atoms with E-state index in [1.54, 1.807) is 0 Å². The molecule has 0 bridgehead atoms. The third-order valence-electron chi connectivity index (χ3n) is 6.65. The molecule has 0 aromatic carbocycles. The minimum atomic E-state index is 0. The Labute approximate surface area is 193 Å². The van der Waals surface area contributed by atoms with E-state index in [2.05, 4.69) is 46.5 Å². The Kier molecular flexibility index (Phi) is 9.18. The number of nitrogens with one attached hydrogen (secondary N) is 2. The Hall–Kier alpha value is -0.900. The van der Waals surface area contributed by atoms with Crippen molar-refractivity contribution in [2.24, 2.45) is 17.5 Å². The second kappa shape index (κ2) is 10.9. The van der Waals surface area contributed by atoms with Crippen LogP contribution in [-0.4, -0.2) is 57.3 Å². The Morgan fingerprint density at radius 2 is 1.93 bits per heavy atom. The molecule has 1 saturated heterocycles. The van der Waals surface area contributed by atoms with Gasteiger partial charge in [0, 0.05) is 25.7 Å². The fourth-order valence-corrected chi connectivity index (χ4v) is 4.39. The molecular formula is C21H40IN7. The molecule has 1 aliphatic heterocycles. The van der Waals surface area contributed by atoms with Gasteiger partial charge in [0.15, 0.2) is 11.8 Å². The Morgan fingerprint density at radius 3 is 2.55 bits per heavy atom. The summed E-state index contributed by atoms with van der Waals surface area (Å²) in [7, 11) is 2.00. The summed E-state index contributed by atoms with van der Waals surface area (Å²) in [5.41, 5.74) is 0.477. The van der Waals surface area contributed by atoms with E-state index in [0.29, 0.717) is 24.0 Å². The van der Waals surface area contributed by atoms with E-state index in [-0.39, 0.29) is 24.0 Å². The number of hydrogen-bond acceptors (Lipinski definition) is 4. The number of halogens is 1. The van der Waals surface area contributed by atoms with Crippen molar-refractivity contribution in [1.29, 1.82) is 0 Å². The van der Waals surface area contributed by atoms with Crippen LogP contribution >= 0.6 is 24.0 Å². The van der Waals surface area contributed by atoms with Gasteiger partial charge >= 0.3 is 0 Å². The maximum atomic E-state index is 4.86. The molecule has 3 rings (SSSR count). The van der Waals surface area contributed by atoms with Crippen molar-refractivity contribution in [1.82, 2.24) is 30.3 Å². The van der Waals surface area contributed by atoms with Crippen molar-refractivity contribution in [3.63, 3.8) is 0 Å². The first-order valence-electron chi connectivity index (χ1n) is 11.0. The van der Waals surface area contributed by atoms with Gasteiger partial charge in [-0.15, -0.1) is 34.2 Å². The average molecular weight is 518 g/mol. The Morgan fingerprint density at radius 1 is 1.21 bits per heavy atom. The van der Waals surface area contributed by atoms with E-state index >= 15 is 0 Å². The van der Waals surface area contributed by atoms with Gasteiger partial charge in [0.05, 0.1) is 0 Å². The molecule has 7 nitrogen and oxygen atoms in total. The number of nitrogens with zero attached hydrogens (tertiary/aromatic N) is 5. The lowest BCUT2D eigenvalue weighted by Gasteiger charge is -2.35. The summed E-state index contributed by atoms with van der Waals surface area (Å²) < 4.78 is 2.01. The first-order valence-corrected chi connectivity index (χ1v) is 11.0. The van der Waals surface area contributed by atoms with Crippen molar-refractivity contribution in [3.05, 3.63) is 11.6 Å². The second-order valence-corrected chi connectivity index (χ2v) is 9.28. The zero-order chi connectivity index (χ0) is 20.1. The molecule has 1 aliphatic carbocycles. The minimum Gasteiger partial charge on any atom is -0.355 e. The van der Waals surface area contributed by atoms with Gasteiger partial charge in [-0.3, -0.25) is 4.90 Å². The highest BCUT2D eigenvalue weighted by atomic mass is 127. The minimum absolute atomic E-state index is 0. The largest absolute Gasteiger partial charge is 0.355 e. The molecule has 2 aliphatic rings. The first-order chi connectivity index (χ1) is 13.4. The van der Waals surface area contributed by atoms with Gasteiger partial charge in [-0.25, -0.2) is 4.99 Å². The molecule has 166 valence electrons. The summed E-state index contributed by atoms with van der Waals surface area (Å²) >= 11 is 0. The van der Waals surface area contributed by atoms with Crippen LogP contribution in [0.5, 0.6) is 0 Å². The van der Waals surface area contributed by atoms with Gasteiger partial charge < -0.3 is 15.2 Å². The average Bonchev–Trinajstić information content (AvgIpc) is 3.26. The molecule has 2 N–H and O–H groups in total. The lowest BCUT2D eigenvalue weighted by atomic mass is 9.75. The molecular weight excluding hydrogens is 477 g/mol. The van der Waals surface area contributed by atoms with Gasteiger partial charge in [-0.1, -0.05) is 20.8 Å². The monoisotopic (exact) mass is 517 g/mol. The van der Waals surface area contributed by atoms with E-state index in [1.807, 2.05) is 18.5 Å². The van der Waals surface area contributed by atoms with Crippen molar-refractivity contribution >= 4 is 29.9 Å². The molecule has 0 amide bonds. The predicted molar refractivity (Wildman–Crippen MR) is 130 cm³/mol. The maximum absolute atomic E-state index is 4.86. The van der Waals surface area contributed by atoms with E-state index in [4.69, 9.17) is 4.99 Å². The van der Waals surface area contributed by atoms with Crippen LogP contribution in [0.15, 0.2) is 4.99 Å². The number of aliphatic imine (C=N–C) groups is 1. The lowest BCUT2D eigenvalue weighted by molar-refractivity contribution is 0.216. The Balaban J connectivity index is 0.00000300. The maximum Gasteiger partial charge on any atom is 0.191 e. The zero-order valence-corrected chi connectivity index (χ0v) is 21.2. The summed E-state index contributed by atoms with van der Waals surface area (Å²) in [5.74, 6) is 2.75. The highest BCUT2D eigenvalue weighted by molar-refractivity contribution is 14.0. The molecule has 0 spiro atoms. The summed E-state index contributed by atoms with van der Waals surface area (Å²) in [6.07, 6.45) is 7.53. The van der Waals surface area contributed by atoms with Crippen LogP contribution in [0.4, 0.5) is 0 Å². The highest BCUT2D eigenvalue weighted by Crippen LogP contribution is 2.34. The molecule has 1 unspecified atom stereocenters. The van der Waals surface area contributed by atoms with E-state index in [9.17, 15) is 0 Å². The molecule has 1 atom stereocenters. The summed E-state index contributed by atoms with van der Waals surface area (Å²) in [4.78, 5) is 7.43. The zero-order valence-electron chi connectivity index (χ0n) is 18.9. The van der Waals surface area contributed by atoms with Crippen LogP contribution in [0.3, 0.4) is 0 Å². The number of guanidine groups is 1. The molecule has 1 aromatic rings. The molecule has 2 fully saturated rings. The summed E-state index contributed by atoms with van der Waals surface area (Å²) in [6, 6.07) is 1.12. The van der Waals surface area contributed by atoms with Crippen LogP contribution in [0, 0.1) is 12.3 Å². The van der Waals surface area contributed by atoms with Crippen LogP contribution in [0.1, 0.15) is 70.9 Å². The van der Waals surface area contributed by atoms with Gasteiger partial charge in [0.25, 0.3) is 0 Å². The number of aryl methyl sites for hydroxylation is 1. The molecule has 8 heteroatoms. The third-order valence-corrected chi connectivity index (χ3v) is 6.65. The van der Waals surface area contributed by atoms with Gasteiger partial charge in [-0.05, 0) is 64.0 Å². The number of likely N-dealkylation sites (N-methyl/N-ethyl adjacent to an activating group) is 1. The molecule has 29 heavy (non-hydrogen) atoms. The molecule has 1 aromatic heterocycles. The van der Waals surface area contributed by atoms with Gasteiger partial charge in [-0.2, -0.15) is 0 Å². The standard InChI is InChI=1S/C21H39N7.HI/c1-6-28-13-7-8-18(28)14-22-20(23-15-19-26-25-16(2)27(19)5)24-17-9-11-21(3,4)12-10-17;/h17-18H,6-15H2,1-5H3,(H2,22,23,24);1H. The van der Waals surface area contributed by atoms with Crippen LogP contribution in [0.2, 0.25) is 0 Å². The van der Waals surface area contributed by atoms with Crippen LogP contribution in [-0.2, 0) is 13.6 Å². The quantitative estimate of drug-likeness (QED) is 0.345. The van der Waals surface area contributed by atoms with Gasteiger partial charge in [0.1, 0.15) is 12.4 Å². The molecule has 0 radical (unpaired) electrons. The van der Waals surface area contributed by atoms with E-state index in [1.165, 1.54) is 45.1 Å². The van der Waals surface area contributed by atoms with E-state index < -0.39 is 0 Å². The number of aromatic nitrogens is 3. The van der Waals surface area contributed by atoms with Crippen molar-refractivity contribution in [2.45, 2.75) is 84.8 Å². The fraction of sp³-hybridized carbons (Fsp3) is 0.857. The van der Waals surface area contributed by atoms with Crippen molar-refractivity contribution < 1.29 is 0 Å². The Bertz CT molecular complexity index is 660. The SMILES string of the molecule is CCN1CCCC1CNC(=NCc1nnc(C)n1C)NC1CCC(C)(C)CC1.I. The normalized spacial score (nSPS) is 23.1. The van der Waals surface area contributed by atoms with E-state index in [0.717, 1.165) is 30.7 Å². The number of hydrogen-bond donors (Lipinski definition) is 2. The molecule has 1 saturated carbocycles. The predicted octanol–water partition coefficient (Wildman–Crippen LogP) is 3.23. The lowest BCUT2D eigenvalue weighted by Crippen LogP contribution is -2.49. The summed E-state index contributed by atoms with van der Waals surface area (Å²) in [5, 5.41) is 15.8. The van der Waals surface area contributed by atoms with Crippen molar-refractivity contribution in [2.75, 3.05) is 19.6 Å². The first kappa shape index (κ1) is 24.4. The number of likely N-dealkylation sites (tertiary alicyclic amines) is 1. The third kappa shape index (κ3) is 6.80. The summed E-state index contributed by atoms with van der Waals surface area (Å²) in [6.45, 7) is 12.8. The van der Waals surface area contributed by atoms with Gasteiger partial charge in [0.2, 0.25) is 0 Å². The molecule has 2 heterocycles. The topological polar surface area (TPSA) is 70.4 Å². The highest BCUT2D eigenvalue weighted by Gasteiger charge is 2.28. The van der Waals surface area contributed by atoms with Crippen LogP contribution < -0.4 is 10.6 Å². The number of rotatable bonds is 6.